The molecule has 4 rings (SSSR count). The number of fused-ring (bicyclic) bond motifs is 1. The van der Waals surface area contributed by atoms with Crippen LogP contribution in [0, 0.1) is 5.82 Å². The summed E-state index contributed by atoms with van der Waals surface area (Å²) in [6.07, 6.45) is 0.730. The van der Waals surface area contributed by atoms with Crippen LogP contribution >= 0.6 is 11.3 Å². The summed E-state index contributed by atoms with van der Waals surface area (Å²) in [5.74, 6) is -0.650. The number of nitrogens with zero attached hydrogens (tertiary/aromatic N) is 2. The number of benzene rings is 1. The molecule has 148 valence electrons. The average Bonchev–Trinajstić information content (AvgIpc) is 3.30. The summed E-state index contributed by atoms with van der Waals surface area (Å²) < 4.78 is 18.4. The molecule has 1 aromatic carbocycles. The molecule has 0 aliphatic carbocycles. The SMILES string of the molecule is O=C(NCCN1CCOCC1)c1cc2c(s1)CCN2C(=O)c1ccc(F)cc1. The van der Waals surface area contributed by atoms with Gasteiger partial charge in [-0.15, -0.1) is 11.3 Å². The molecule has 3 heterocycles. The van der Waals surface area contributed by atoms with Crippen molar-refractivity contribution in [1.82, 2.24) is 10.2 Å². The Balaban J connectivity index is 1.37. The van der Waals surface area contributed by atoms with E-state index in [0.29, 0.717) is 23.5 Å². The van der Waals surface area contributed by atoms with Gasteiger partial charge in [0.05, 0.1) is 23.8 Å². The molecule has 2 aliphatic rings. The molecule has 0 radical (unpaired) electrons. The van der Waals surface area contributed by atoms with Gasteiger partial charge >= 0.3 is 0 Å². The highest BCUT2D eigenvalue weighted by Crippen LogP contribution is 2.36. The smallest absolute Gasteiger partial charge is 0.261 e. The first kappa shape index (κ1) is 19.0. The molecule has 0 saturated carbocycles. The molecule has 0 bridgehead atoms. The molecule has 1 N–H and O–H groups in total. The van der Waals surface area contributed by atoms with Crippen molar-refractivity contribution in [2.75, 3.05) is 50.8 Å². The van der Waals surface area contributed by atoms with Gasteiger partial charge in [-0.2, -0.15) is 0 Å². The minimum atomic E-state index is -0.370. The van der Waals surface area contributed by atoms with E-state index < -0.39 is 0 Å². The number of ether oxygens (including phenoxy) is 1. The van der Waals surface area contributed by atoms with Crippen LogP contribution in [0.3, 0.4) is 0 Å². The summed E-state index contributed by atoms with van der Waals surface area (Å²) in [5, 5.41) is 2.96. The number of morpholine rings is 1. The lowest BCUT2D eigenvalue weighted by atomic mass is 10.2. The number of hydrogen-bond donors (Lipinski definition) is 1. The lowest BCUT2D eigenvalue weighted by molar-refractivity contribution is 0.0383. The van der Waals surface area contributed by atoms with E-state index in [1.54, 1.807) is 11.0 Å². The van der Waals surface area contributed by atoms with E-state index in [1.165, 1.54) is 35.6 Å². The Morgan fingerprint density at radius 2 is 1.89 bits per heavy atom. The number of anilines is 1. The van der Waals surface area contributed by atoms with E-state index in [9.17, 15) is 14.0 Å². The molecule has 1 saturated heterocycles. The number of hydrogen-bond acceptors (Lipinski definition) is 5. The van der Waals surface area contributed by atoms with Gasteiger partial charge in [-0.25, -0.2) is 4.39 Å². The number of halogens is 1. The highest BCUT2D eigenvalue weighted by molar-refractivity contribution is 7.14. The Kier molecular flexibility index (Phi) is 5.70. The molecule has 2 aromatic rings. The number of rotatable bonds is 5. The Hall–Kier alpha value is -2.29. The quantitative estimate of drug-likeness (QED) is 0.831. The summed E-state index contributed by atoms with van der Waals surface area (Å²) >= 11 is 1.44. The van der Waals surface area contributed by atoms with Crippen molar-refractivity contribution in [2.45, 2.75) is 6.42 Å². The van der Waals surface area contributed by atoms with Gasteiger partial charge in [-0.05, 0) is 30.3 Å². The Bertz CT molecular complexity index is 862. The third-order valence-electron chi connectivity index (χ3n) is 5.02. The fourth-order valence-electron chi connectivity index (χ4n) is 3.47. The van der Waals surface area contributed by atoms with Gasteiger partial charge in [0.25, 0.3) is 11.8 Å². The first-order valence-electron chi connectivity index (χ1n) is 9.40. The molecule has 1 aromatic heterocycles. The van der Waals surface area contributed by atoms with Crippen LogP contribution in [-0.2, 0) is 11.2 Å². The second-order valence-corrected chi connectivity index (χ2v) is 7.98. The van der Waals surface area contributed by atoms with E-state index in [0.717, 1.165) is 49.8 Å². The van der Waals surface area contributed by atoms with E-state index >= 15 is 0 Å². The zero-order valence-corrected chi connectivity index (χ0v) is 16.3. The number of thiophene rings is 1. The van der Waals surface area contributed by atoms with Crippen molar-refractivity contribution in [3.05, 3.63) is 51.5 Å². The Morgan fingerprint density at radius 3 is 2.64 bits per heavy atom. The first-order valence-corrected chi connectivity index (χ1v) is 10.2. The van der Waals surface area contributed by atoms with Crippen LogP contribution in [0.4, 0.5) is 10.1 Å². The van der Waals surface area contributed by atoms with Crippen molar-refractivity contribution in [3.63, 3.8) is 0 Å². The summed E-state index contributed by atoms with van der Waals surface area (Å²) in [6, 6.07) is 7.33. The molecule has 2 aliphatic heterocycles. The zero-order chi connectivity index (χ0) is 19.5. The average molecular weight is 403 g/mol. The summed E-state index contributed by atoms with van der Waals surface area (Å²) in [5.41, 5.74) is 1.23. The topological polar surface area (TPSA) is 61.9 Å². The Labute approximate surface area is 166 Å². The zero-order valence-electron chi connectivity index (χ0n) is 15.4. The van der Waals surface area contributed by atoms with Crippen LogP contribution in [0.1, 0.15) is 24.9 Å². The van der Waals surface area contributed by atoms with E-state index in [-0.39, 0.29) is 17.6 Å². The summed E-state index contributed by atoms with van der Waals surface area (Å²) in [4.78, 5) is 30.8. The van der Waals surface area contributed by atoms with E-state index in [2.05, 4.69) is 10.2 Å². The summed E-state index contributed by atoms with van der Waals surface area (Å²) in [6.45, 7) is 5.23. The van der Waals surface area contributed by atoms with Crippen molar-refractivity contribution < 1.29 is 18.7 Å². The van der Waals surface area contributed by atoms with Crippen LogP contribution < -0.4 is 10.2 Å². The van der Waals surface area contributed by atoms with Crippen molar-refractivity contribution >= 4 is 28.8 Å². The van der Waals surface area contributed by atoms with Crippen LogP contribution in [-0.4, -0.2) is 62.7 Å². The maximum absolute atomic E-state index is 13.1. The maximum atomic E-state index is 13.1. The molecule has 1 fully saturated rings. The van der Waals surface area contributed by atoms with E-state index in [1.807, 2.05) is 0 Å². The fraction of sp³-hybridized carbons (Fsp3) is 0.400. The first-order chi connectivity index (χ1) is 13.6. The number of amides is 2. The molecule has 8 heteroatoms. The highest BCUT2D eigenvalue weighted by Gasteiger charge is 2.29. The van der Waals surface area contributed by atoms with Gasteiger partial charge in [0.1, 0.15) is 5.82 Å². The van der Waals surface area contributed by atoms with Crippen LogP contribution in [0.15, 0.2) is 30.3 Å². The number of nitrogens with one attached hydrogen (secondary N) is 1. The normalized spacial score (nSPS) is 16.8. The van der Waals surface area contributed by atoms with Crippen molar-refractivity contribution in [3.8, 4) is 0 Å². The molecule has 0 unspecified atom stereocenters. The standard InChI is InChI=1S/C20H22FN3O3S/c21-15-3-1-14(2-4-15)20(26)24-7-5-17-16(24)13-18(28-17)19(25)22-6-8-23-9-11-27-12-10-23/h1-4,13H,5-12H2,(H,22,25). The number of carbonyl (C=O) groups is 2. The molecule has 28 heavy (non-hydrogen) atoms. The molecule has 2 amide bonds. The predicted octanol–water partition coefficient (Wildman–Crippen LogP) is 2.15. The van der Waals surface area contributed by atoms with Gasteiger partial charge in [0.15, 0.2) is 0 Å². The van der Waals surface area contributed by atoms with E-state index in [4.69, 9.17) is 4.74 Å². The third kappa shape index (κ3) is 4.09. The van der Waals surface area contributed by atoms with Crippen LogP contribution in [0.2, 0.25) is 0 Å². The summed E-state index contributed by atoms with van der Waals surface area (Å²) in [7, 11) is 0. The van der Waals surface area contributed by atoms with Crippen molar-refractivity contribution in [1.29, 1.82) is 0 Å². The second-order valence-electron chi connectivity index (χ2n) is 6.84. The maximum Gasteiger partial charge on any atom is 0.261 e. The second kappa shape index (κ2) is 8.38. The lowest BCUT2D eigenvalue weighted by Crippen LogP contribution is -2.41. The molecule has 0 spiro atoms. The van der Waals surface area contributed by atoms with Gasteiger partial charge in [-0.1, -0.05) is 0 Å². The van der Waals surface area contributed by atoms with Crippen molar-refractivity contribution in [2.24, 2.45) is 0 Å². The minimum absolute atomic E-state index is 0.109. The minimum Gasteiger partial charge on any atom is -0.379 e. The van der Waals surface area contributed by atoms with Crippen LogP contribution in [0.25, 0.3) is 0 Å². The number of carbonyl (C=O) groups excluding carboxylic acids is 2. The molecular weight excluding hydrogens is 381 g/mol. The largest absolute Gasteiger partial charge is 0.379 e. The molecule has 6 nitrogen and oxygen atoms in total. The molecule has 0 atom stereocenters. The van der Waals surface area contributed by atoms with Gasteiger partial charge in [0.2, 0.25) is 0 Å². The Morgan fingerprint density at radius 1 is 1.14 bits per heavy atom. The monoisotopic (exact) mass is 403 g/mol. The van der Waals surface area contributed by atoms with Gasteiger partial charge in [0, 0.05) is 49.6 Å². The fourth-order valence-corrected chi connectivity index (χ4v) is 4.54. The van der Waals surface area contributed by atoms with Crippen LogP contribution in [0.5, 0.6) is 0 Å². The highest BCUT2D eigenvalue weighted by atomic mass is 32.1. The van der Waals surface area contributed by atoms with Gasteiger partial charge < -0.3 is 15.0 Å². The predicted molar refractivity (Wildman–Crippen MR) is 106 cm³/mol. The third-order valence-corrected chi connectivity index (χ3v) is 6.20. The molecular formula is C20H22FN3O3S. The van der Waals surface area contributed by atoms with Gasteiger partial charge in [-0.3, -0.25) is 14.5 Å². The lowest BCUT2D eigenvalue weighted by Gasteiger charge is -2.26.